The average Bonchev–Trinajstić information content (AvgIpc) is 4.05. The number of amides is 3. The topological polar surface area (TPSA) is 99.9 Å². The number of furan rings is 1. The molecule has 2 saturated heterocycles. The highest BCUT2D eigenvalue weighted by Crippen LogP contribution is 2.40. The first-order valence-corrected chi connectivity index (χ1v) is 22.8. The van der Waals surface area contributed by atoms with Crippen LogP contribution in [0.4, 0.5) is 5.69 Å². The summed E-state index contributed by atoms with van der Waals surface area (Å²) in [7, 11) is 0. The molecular weight excluding hydrogens is 814 g/mol. The van der Waals surface area contributed by atoms with Crippen molar-refractivity contribution in [3.05, 3.63) is 124 Å². The van der Waals surface area contributed by atoms with Gasteiger partial charge in [0.1, 0.15) is 17.4 Å². The Morgan fingerprint density at radius 1 is 0.683 bits per heavy atom. The fourth-order valence-electron chi connectivity index (χ4n) is 9.76. The first-order chi connectivity index (χ1) is 29.2. The van der Waals surface area contributed by atoms with E-state index in [1.54, 1.807) is 4.90 Å². The number of fused-ring (bicyclic) bond motifs is 1. The van der Waals surface area contributed by atoms with Gasteiger partial charge in [0.15, 0.2) is 5.78 Å². The van der Waals surface area contributed by atoms with Crippen LogP contribution < -0.4 is 5.32 Å². The SMILES string of the molecule is CCC(CC)[C@@H](C(=O)N1CCC[C@H]1C(=O)Cc1ccc2oc(-c3ccc(NC(=O)[C@@H]4CCCN4C(=O)[C@@H](c4ccccc4)C(CC)CC)cc3)c(Br)c2c1)c1ccccc1. The number of Topliss-reactive ketones (excluding diaryl/α,β-unsaturated/α-hetero) is 1. The molecular formula is C51H58BrN3O5. The summed E-state index contributed by atoms with van der Waals surface area (Å²) in [5, 5.41) is 3.94. The molecule has 1 N–H and O–H groups in total. The molecule has 0 saturated carbocycles. The number of nitrogens with one attached hydrogen (secondary N) is 1. The number of hydrogen-bond acceptors (Lipinski definition) is 5. The van der Waals surface area contributed by atoms with E-state index in [9.17, 15) is 19.2 Å². The molecule has 1 aromatic heterocycles. The van der Waals surface area contributed by atoms with Gasteiger partial charge in [-0.2, -0.15) is 0 Å². The Morgan fingerprint density at radius 2 is 1.20 bits per heavy atom. The largest absolute Gasteiger partial charge is 0.455 e. The highest BCUT2D eigenvalue weighted by molar-refractivity contribution is 9.10. The summed E-state index contributed by atoms with van der Waals surface area (Å²) in [6.07, 6.45) is 6.70. The van der Waals surface area contributed by atoms with Gasteiger partial charge in [0.2, 0.25) is 17.7 Å². The number of nitrogens with zero attached hydrogens (tertiary/aromatic N) is 2. The van der Waals surface area contributed by atoms with Crippen molar-refractivity contribution in [3.63, 3.8) is 0 Å². The maximum absolute atomic E-state index is 14.2. The van der Waals surface area contributed by atoms with Crippen LogP contribution in [0, 0.1) is 11.8 Å². The Balaban J connectivity index is 1.02. The lowest BCUT2D eigenvalue weighted by molar-refractivity contribution is -0.139. The maximum Gasteiger partial charge on any atom is 0.247 e. The van der Waals surface area contributed by atoms with Crippen LogP contribution in [0.3, 0.4) is 0 Å². The van der Waals surface area contributed by atoms with Gasteiger partial charge in [-0.1, -0.05) is 120 Å². The van der Waals surface area contributed by atoms with E-state index in [1.807, 2.05) is 108 Å². The quantitative estimate of drug-likeness (QED) is 0.106. The maximum atomic E-state index is 14.2. The summed E-state index contributed by atoms with van der Waals surface area (Å²) in [4.78, 5) is 59.7. The summed E-state index contributed by atoms with van der Waals surface area (Å²) in [5.74, 6) is 0.485. The molecule has 4 aromatic carbocycles. The second-order valence-corrected chi connectivity index (χ2v) is 17.4. The molecule has 5 aromatic rings. The van der Waals surface area contributed by atoms with Crippen molar-refractivity contribution in [3.8, 4) is 11.3 Å². The molecule has 0 bridgehead atoms. The highest BCUT2D eigenvalue weighted by atomic mass is 79.9. The van der Waals surface area contributed by atoms with Crippen LogP contribution in [0.2, 0.25) is 0 Å². The van der Waals surface area contributed by atoms with Crippen LogP contribution in [0.5, 0.6) is 0 Å². The van der Waals surface area contributed by atoms with Gasteiger partial charge in [-0.15, -0.1) is 0 Å². The van der Waals surface area contributed by atoms with E-state index in [0.717, 1.165) is 70.6 Å². The van der Waals surface area contributed by atoms with Crippen molar-refractivity contribution in [2.75, 3.05) is 18.4 Å². The van der Waals surface area contributed by atoms with Crippen molar-refractivity contribution < 1.29 is 23.6 Å². The van der Waals surface area contributed by atoms with Crippen LogP contribution >= 0.6 is 15.9 Å². The van der Waals surface area contributed by atoms with Crippen LogP contribution in [0.1, 0.15) is 108 Å². The van der Waals surface area contributed by atoms with Crippen molar-refractivity contribution >= 4 is 56.1 Å². The molecule has 2 fully saturated rings. The lowest BCUT2D eigenvalue weighted by Gasteiger charge is -2.32. The molecule has 314 valence electrons. The number of anilines is 1. The van der Waals surface area contributed by atoms with Gasteiger partial charge < -0.3 is 19.5 Å². The van der Waals surface area contributed by atoms with Gasteiger partial charge in [0, 0.05) is 36.1 Å². The minimum Gasteiger partial charge on any atom is -0.455 e. The molecule has 7 rings (SSSR count). The van der Waals surface area contributed by atoms with Crippen LogP contribution in [0.15, 0.2) is 112 Å². The van der Waals surface area contributed by atoms with E-state index in [2.05, 4.69) is 48.9 Å². The second kappa shape index (κ2) is 19.6. The molecule has 0 aliphatic carbocycles. The van der Waals surface area contributed by atoms with Crippen molar-refractivity contribution in [1.29, 1.82) is 0 Å². The molecule has 0 spiro atoms. The average molecular weight is 873 g/mol. The van der Waals surface area contributed by atoms with E-state index in [0.29, 0.717) is 43.0 Å². The summed E-state index contributed by atoms with van der Waals surface area (Å²) in [6, 6.07) is 32.4. The number of hydrogen-bond donors (Lipinski definition) is 1. The van der Waals surface area contributed by atoms with E-state index in [-0.39, 0.29) is 53.6 Å². The van der Waals surface area contributed by atoms with Crippen LogP contribution in [0.25, 0.3) is 22.3 Å². The predicted octanol–water partition coefficient (Wildman–Crippen LogP) is 11.3. The number of halogens is 1. The fourth-order valence-corrected chi connectivity index (χ4v) is 10.4. The smallest absolute Gasteiger partial charge is 0.247 e. The van der Waals surface area contributed by atoms with Crippen LogP contribution in [-0.2, 0) is 25.6 Å². The fraction of sp³-hybridized carbons (Fsp3) is 0.412. The number of rotatable bonds is 16. The zero-order valence-corrected chi connectivity index (χ0v) is 37.0. The number of benzene rings is 4. The Kier molecular flexibility index (Phi) is 14.1. The number of ketones is 1. The normalized spacial score (nSPS) is 17.7. The Bertz CT molecular complexity index is 2260. The molecule has 9 heteroatoms. The first-order valence-electron chi connectivity index (χ1n) is 22.0. The Morgan fingerprint density at radius 3 is 1.73 bits per heavy atom. The van der Waals surface area contributed by atoms with Gasteiger partial charge in [0.25, 0.3) is 0 Å². The zero-order chi connectivity index (χ0) is 42.3. The third-order valence-electron chi connectivity index (χ3n) is 13.1. The second-order valence-electron chi connectivity index (χ2n) is 16.6. The number of likely N-dealkylation sites (tertiary alicyclic amines) is 2. The molecule has 4 atom stereocenters. The first kappa shape index (κ1) is 43.1. The third-order valence-corrected chi connectivity index (χ3v) is 13.9. The monoisotopic (exact) mass is 871 g/mol. The van der Waals surface area contributed by atoms with Gasteiger partial charge in [-0.25, -0.2) is 0 Å². The molecule has 2 aliphatic heterocycles. The Hall–Kier alpha value is -5.02. The van der Waals surface area contributed by atoms with Gasteiger partial charge >= 0.3 is 0 Å². The minimum atomic E-state index is -0.527. The lowest BCUT2D eigenvalue weighted by atomic mass is 9.81. The van der Waals surface area contributed by atoms with E-state index in [4.69, 9.17) is 4.42 Å². The summed E-state index contributed by atoms with van der Waals surface area (Å²) in [6.45, 7) is 9.71. The van der Waals surface area contributed by atoms with Gasteiger partial charge in [-0.05, 0) is 107 Å². The standard InChI is InChI=1S/C51H58BrN3O5/c1-5-34(6-2)45(36-17-11-9-12-18-36)50(58)54-29-15-21-41(54)43(56)32-33-23-28-44-40(31-33)47(52)48(60-44)38-24-26-39(27-25-38)53-49(57)42-22-16-30-55(42)51(59)46(35(7-3)8-4)37-19-13-10-14-20-37/h9-14,17-20,23-28,31,34-35,41-42,45-46H,5-8,15-16,21-22,29-30,32H2,1-4H3,(H,53,57)/t41-,42-,45+,46+/m0/s1. The Labute approximate surface area is 363 Å². The molecule has 3 heterocycles. The molecule has 3 amide bonds. The van der Waals surface area contributed by atoms with Gasteiger partial charge in [-0.3, -0.25) is 19.2 Å². The van der Waals surface area contributed by atoms with Gasteiger partial charge in [0.05, 0.1) is 22.4 Å². The summed E-state index contributed by atoms with van der Waals surface area (Å²) < 4.78 is 7.11. The summed E-state index contributed by atoms with van der Waals surface area (Å²) in [5.41, 5.74) is 5.05. The molecule has 2 aliphatic rings. The van der Waals surface area contributed by atoms with E-state index in [1.165, 1.54) is 0 Å². The molecule has 0 unspecified atom stereocenters. The molecule has 8 nitrogen and oxygen atoms in total. The van der Waals surface area contributed by atoms with Crippen molar-refractivity contribution in [2.24, 2.45) is 11.8 Å². The van der Waals surface area contributed by atoms with Crippen molar-refractivity contribution in [1.82, 2.24) is 9.80 Å². The highest BCUT2D eigenvalue weighted by Gasteiger charge is 2.41. The minimum absolute atomic E-state index is 0.0326. The zero-order valence-electron chi connectivity index (χ0n) is 35.4. The third kappa shape index (κ3) is 9.02. The summed E-state index contributed by atoms with van der Waals surface area (Å²) >= 11 is 3.78. The van der Waals surface area contributed by atoms with Crippen molar-refractivity contribution in [2.45, 2.75) is 109 Å². The molecule has 60 heavy (non-hydrogen) atoms. The van der Waals surface area contributed by atoms with E-state index < -0.39 is 12.1 Å². The number of carbonyl (C=O) groups excluding carboxylic acids is 4. The number of carbonyl (C=O) groups is 4. The van der Waals surface area contributed by atoms with E-state index >= 15 is 0 Å². The predicted molar refractivity (Wildman–Crippen MR) is 243 cm³/mol. The van der Waals surface area contributed by atoms with Crippen LogP contribution in [-0.4, -0.2) is 58.5 Å². The lowest BCUT2D eigenvalue weighted by Crippen LogP contribution is -2.46. The molecule has 0 radical (unpaired) electrons.